The Morgan fingerprint density at radius 1 is 1.35 bits per heavy atom. The molecule has 3 heteroatoms. The predicted molar refractivity (Wildman–Crippen MR) is 68.4 cm³/mol. The van der Waals surface area contributed by atoms with Crippen LogP contribution in [0.3, 0.4) is 0 Å². The van der Waals surface area contributed by atoms with Crippen LogP contribution in [0.15, 0.2) is 24.3 Å². The Balaban J connectivity index is 2.38. The molecule has 1 aromatic rings. The highest BCUT2D eigenvalue weighted by Gasteiger charge is 2.16. The second-order valence-electron chi connectivity index (χ2n) is 5.05. The van der Waals surface area contributed by atoms with Gasteiger partial charge in [0.1, 0.15) is 5.75 Å². The lowest BCUT2D eigenvalue weighted by Crippen LogP contribution is -2.29. The Kier molecular flexibility index (Phi) is 4.99. The van der Waals surface area contributed by atoms with E-state index in [0.29, 0.717) is 18.7 Å². The van der Waals surface area contributed by atoms with E-state index in [1.54, 1.807) is 6.07 Å². The van der Waals surface area contributed by atoms with E-state index in [4.69, 9.17) is 5.26 Å². The van der Waals surface area contributed by atoms with E-state index < -0.39 is 0 Å². The summed E-state index contributed by atoms with van der Waals surface area (Å²) in [6.07, 6.45) is 1.47. The van der Waals surface area contributed by atoms with Crippen molar-refractivity contribution < 1.29 is 5.11 Å². The Morgan fingerprint density at radius 3 is 2.71 bits per heavy atom. The molecular formula is C14H20N2O. The minimum Gasteiger partial charge on any atom is -0.508 e. The van der Waals surface area contributed by atoms with Crippen molar-refractivity contribution in [1.29, 1.82) is 5.26 Å². The SMILES string of the molecule is CC(C)(CCC#N)CNCc1ccccc1O. The van der Waals surface area contributed by atoms with Crippen LogP contribution in [0.4, 0.5) is 0 Å². The molecule has 92 valence electrons. The number of phenolic OH excluding ortho intramolecular Hbond substituents is 1. The van der Waals surface area contributed by atoms with E-state index in [0.717, 1.165) is 18.5 Å². The summed E-state index contributed by atoms with van der Waals surface area (Å²) in [7, 11) is 0. The average molecular weight is 232 g/mol. The predicted octanol–water partition coefficient (Wildman–Crippen LogP) is 2.81. The van der Waals surface area contributed by atoms with Gasteiger partial charge in [0, 0.05) is 25.1 Å². The summed E-state index contributed by atoms with van der Waals surface area (Å²) in [6, 6.07) is 9.50. The standard InChI is InChI=1S/C14H20N2O/c1-14(2,8-5-9-15)11-16-10-12-6-3-4-7-13(12)17/h3-4,6-7,16-17H,5,8,10-11H2,1-2H3. The van der Waals surface area contributed by atoms with Crippen molar-refractivity contribution in [1.82, 2.24) is 5.32 Å². The summed E-state index contributed by atoms with van der Waals surface area (Å²) < 4.78 is 0. The topological polar surface area (TPSA) is 56.0 Å². The molecule has 0 bridgehead atoms. The highest BCUT2D eigenvalue weighted by atomic mass is 16.3. The molecule has 0 fully saturated rings. The molecule has 0 atom stereocenters. The fraction of sp³-hybridized carbons (Fsp3) is 0.500. The van der Waals surface area contributed by atoms with Crippen LogP contribution in [0.2, 0.25) is 0 Å². The maximum Gasteiger partial charge on any atom is 0.120 e. The minimum absolute atomic E-state index is 0.111. The fourth-order valence-corrected chi connectivity index (χ4v) is 1.68. The van der Waals surface area contributed by atoms with Gasteiger partial charge in [0.2, 0.25) is 0 Å². The number of aromatic hydroxyl groups is 1. The van der Waals surface area contributed by atoms with Crippen LogP contribution in [-0.2, 0) is 6.54 Å². The number of hydrogen-bond acceptors (Lipinski definition) is 3. The Hall–Kier alpha value is -1.53. The number of nitriles is 1. The van der Waals surface area contributed by atoms with Gasteiger partial charge in [0.15, 0.2) is 0 Å². The summed E-state index contributed by atoms with van der Waals surface area (Å²) in [5, 5.41) is 21.5. The third-order valence-corrected chi connectivity index (χ3v) is 2.82. The number of nitrogens with zero attached hydrogens (tertiary/aromatic N) is 1. The van der Waals surface area contributed by atoms with Gasteiger partial charge in [0.25, 0.3) is 0 Å². The third-order valence-electron chi connectivity index (χ3n) is 2.82. The van der Waals surface area contributed by atoms with E-state index in [1.165, 1.54) is 0 Å². The smallest absolute Gasteiger partial charge is 0.120 e. The molecule has 1 aromatic carbocycles. The fourth-order valence-electron chi connectivity index (χ4n) is 1.68. The Morgan fingerprint density at radius 2 is 2.06 bits per heavy atom. The van der Waals surface area contributed by atoms with Crippen LogP contribution in [-0.4, -0.2) is 11.7 Å². The van der Waals surface area contributed by atoms with E-state index in [1.807, 2.05) is 18.2 Å². The lowest BCUT2D eigenvalue weighted by atomic mass is 9.88. The second-order valence-corrected chi connectivity index (χ2v) is 5.05. The first-order valence-electron chi connectivity index (χ1n) is 5.90. The van der Waals surface area contributed by atoms with Crippen molar-refractivity contribution in [3.05, 3.63) is 29.8 Å². The van der Waals surface area contributed by atoms with Crippen LogP contribution < -0.4 is 5.32 Å². The molecule has 3 nitrogen and oxygen atoms in total. The van der Waals surface area contributed by atoms with Gasteiger partial charge in [-0.2, -0.15) is 5.26 Å². The highest BCUT2D eigenvalue weighted by Crippen LogP contribution is 2.21. The number of para-hydroxylation sites is 1. The number of benzene rings is 1. The number of hydrogen-bond donors (Lipinski definition) is 2. The first-order valence-corrected chi connectivity index (χ1v) is 5.90. The van der Waals surface area contributed by atoms with Gasteiger partial charge in [0.05, 0.1) is 6.07 Å². The highest BCUT2D eigenvalue weighted by molar-refractivity contribution is 5.31. The monoisotopic (exact) mass is 232 g/mol. The number of phenols is 1. The number of nitrogens with one attached hydrogen (secondary N) is 1. The summed E-state index contributed by atoms with van der Waals surface area (Å²) in [5.74, 6) is 0.329. The zero-order valence-corrected chi connectivity index (χ0v) is 10.5. The summed E-state index contributed by atoms with van der Waals surface area (Å²) >= 11 is 0. The quantitative estimate of drug-likeness (QED) is 0.793. The van der Waals surface area contributed by atoms with Gasteiger partial charge >= 0.3 is 0 Å². The first-order chi connectivity index (χ1) is 8.05. The number of rotatable bonds is 6. The van der Waals surface area contributed by atoms with Crippen molar-refractivity contribution in [3.8, 4) is 11.8 Å². The molecule has 0 saturated carbocycles. The Labute approximate surface area is 103 Å². The minimum atomic E-state index is 0.111. The molecule has 0 aliphatic heterocycles. The van der Waals surface area contributed by atoms with Gasteiger partial charge in [-0.3, -0.25) is 0 Å². The van der Waals surface area contributed by atoms with Gasteiger partial charge in [-0.1, -0.05) is 32.0 Å². The van der Waals surface area contributed by atoms with Crippen molar-refractivity contribution in [3.63, 3.8) is 0 Å². The molecule has 2 N–H and O–H groups in total. The van der Waals surface area contributed by atoms with Crippen molar-refractivity contribution in [2.45, 2.75) is 33.2 Å². The molecule has 0 aliphatic carbocycles. The average Bonchev–Trinajstić information content (AvgIpc) is 2.29. The lowest BCUT2D eigenvalue weighted by Gasteiger charge is -2.23. The molecule has 0 amide bonds. The molecule has 17 heavy (non-hydrogen) atoms. The zero-order valence-electron chi connectivity index (χ0n) is 10.5. The van der Waals surface area contributed by atoms with Crippen LogP contribution in [0.1, 0.15) is 32.3 Å². The van der Waals surface area contributed by atoms with Gasteiger partial charge in [-0.05, 0) is 17.9 Å². The van der Waals surface area contributed by atoms with Crippen LogP contribution in [0.25, 0.3) is 0 Å². The van der Waals surface area contributed by atoms with E-state index >= 15 is 0 Å². The molecule has 0 radical (unpaired) electrons. The zero-order chi connectivity index (χ0) is 12.7. The van der Waals surface area contributed by atoms with Gasteiger partial charge in [-0.25, -0.2) is 0 Å². The Bertz CT molecular complexity index is 393. The van der Waals surface area contributed by atoms with Gasteiger partial charge in [-0.15, -0.1) is 0 Å². The lowest BCUT2D eigenvalue weighted by molar-refractivity contribution is 0.316. The largest absolute Gasteiger partial charge is 0.508 e. The molecule has 0 unspecified atom stereocenters. The molecule has 0 saturated heterocycles. The summed E-state index contributed by atoms with van der Waals surface area (Å²) in [6.45, 7) is 5.77. The van der Waals surface area contributed by atoms with Crippen molar-refractivity contribution in [2.24, 2.45) is 5.41 Å². The van der Waals surface area contributed by atoms with Crippen LogP contribution in [0.5, 0.6) is 5.75 Å². The molecule has 1 rings (SSSR count). The van der Waals surface area contributed by atoms with Gasteiger partial charge < -0.3 is 10.4 Å². The molecule has 0 aromatic heterocycles. The molecule has 0 aliphatic rings. The first kappa shape index (κ1) is 13.5. The summed E-state index contributed by atoms with van der Waals surface area (Å²) in [5.41, 5.74) is 1.02. The van der Waals surface area contributed by atoms with E-state index in [-0.39, 0.29) is 5.41 Å². The normalized spacial score (nSPS) is 11.1. The molecule has 0 heterocycles. The van der Waals surface area contributed by atoms with E-state index in [2.05, 4.69) is 25.2 Å². The maximum atomic E-state index is 9.60. The van der Waals surface area contributed by atoms with Crippen molar-refractivity contribution in [2.75, 3.05) is 6.54 Å². The second kappa shape index (κ2) is 6.27. The van der Waals surface area contributed by atoms with Crippen LogP contribution >= 0.6 is 0 Å². The van der Waals surface area contributed by atoms with E-state index in [9.17, 15) is 5.11 Å². The maximum absolute atomic E-state index is 9.60. The summed E-state index contributed by atoms with van der Waals surface area (Å²) in [4.78, 5) is 0. The third kappa shape index (κ3) is 4.88. The van der Waals surface area contributed by atoms with Crippen LogP contribution in [0, 0.1) is 16.7 Å². The molecular weight excluding hydrogens is 212 g/mol. The molecule has 0 spiro atoms. The van der Waals surface area contributed by atoms with Crippen molar-refractivity contribution >= 4 is 0 Å².